The summed E-state index contributed by atoms with van der Waals surface area (Å²) in [6, 6.07) is 15.7. The molecule has 13 nitrogen and oxygen atoms in total. The number of ether oxygens (including phenoxy) is 1. The monoisotopic (exact) mass is 650 g/mol. The molecule has 1 unspecified atom stereocenters. The van der Waals surface area contributed by atoms with Crippen LogP contribution in [0.5, 0.6) is 11.5 Å². The van der Waals surface area contributed by atoms with Crippen LogP contribution in [0, 0.1) is 6.92 Å². The molecule has 0 bridgehead atoms. The number of nitrogens with zero attached hydrogens (tertiary/aromatic N) is 2. The van der Waals surface area contributed by atoms with Crippen LogP contribution in [0.15, 0.2) is 82.6 Å². The number of rotatable bonds is 6. The summed E-state index contributed by atoms with van der Waals surface area (Å²) in [4.78, 5) is 38.4. The predicted octanol–water partition coefficient (Wildman–Crippen LogP) is 3.82. The highest BCUT2D eigenvalue weighted by atomic mass is 32.2. The highest BCUT2D eigenvalue weighted by Gasteiger charge is 2.38. The lowest BCUT2D eigenvalue weighted by Crippen LogP contribution is -2.27. The first-order chi connectivity index (χ1) is 21.1. The van der Waals surface area contributed by atoms with Crippen LogP contribution in [0.3, 0.4) is 0 Å². The third-order valence-electron chi connectivity index (χ3n) is 7.52. The van der Waals surface area contributed by atoms with Gasteiger partial charge < -0.3 is 9.84 Å². The van der Waals surface area contributed by atoms with Crippen molar-refractivity contribution in [3.8, 4) is 22.6 Å². The number of benzene rings is 4. The lowest BCUT2D eigenvalue weighted by Gasteiger charge is -2.22. The van der Waals surface area contributed by atoms with Gasteiger partial charge in [-0.25, -0.2) is 0 Å². The molecule has 45 heavy (non-hydrogen) atoms. The molecule has 2 aliphatic rings. The van der Waals surface area contributed by atoms with Gasteiger partial charge in [0.2, 0.25) is 0 Å². The van der Waals surface area contributed by atoms with Gasteiger partial charge in [0, 0.05) is 35.0 Å². The molecule has 3 N–H and O–H groups in total. The molecule has 0 aliphatic carbocycles. The third-order valence-corrected chi connectivity index (χ3v) is 9.31. The van der Waals surface area contributed by atoms with Crippen molar-refractivity contribution in [1.82, 2.24) is 4.90 Å². The smallest absolute Gasteiger partial charge is 0.295 e. The van der Waals surface area contributed by atoms with Crippen molar-refractivity contribution < 1.29 is 50.2 Å². The second-order valence-electron chi connectivity index (χ2n) is 10.4. The minimum Gasteiger partial charge on any atom is -0.457 e. The van der Waals surface area contributed by atoms with E-state index < -0.39 is 54.0 Å². The van der Waals surface area contributed by atoms with Crippen molar-refractivity contribution in [2.24, 2.45) is 0 Å². The van der Waals surface area contributed by atoms with Crippen molar-refractivity contribution in [3.63, 3.8) is 0 Å². The average molecular weight is 651 g/mol. The minimum absolute atomic E-state index is 0.0656. The second-order valence-corrected chi connectivity index (χ2v) is 13.2. The molecule has 4 aromatic carbocycles. The van der Waals surface area contributed by atoms with E-state index in [9.17, 15) is 45.4 Å². The van der Waals surface area contributed by atoms with E-state index in [0.717, 1.165) is 28.0 Å². The van der Waals surface area contributed by atoms with Gasteiger partial charge in [-0.05, 0) is 67.1 Å². The summed E-state index contributed by atoms with van der Waals surface area (Å²) in [5.41, 5.74) is 0.381. The van der Waals surface area contributed by atoms with Gasteiger partial charge in [0.05, 0.1) is 11.1 Å². The van der Waals surface area contributed by atoms with Gasteiger partial charge in [-0.3, -0.25) is 33.3 Å². The first-order valence-corrected chi connectivity index (χ1v) is 15.9. The Balaban J connectivity index is 1.36. The molecular formula is C30H22N2O11S2. The van der Waals surface area contributed by atoms with E-state index in [2.05, 4.69) is 0 Å². The van der Waals surface area contributed by atoms with Crippen LogP contribution >= 0.6 is 0 Å². The first kappa shape index (κ1) is 30.1. The van der Waals surface area contributed by atoms with Gasteiger partial charge in [-0.15, -0.1) is 0 Å². The standard InChI is InChI=1S/C30H22N2O11S2/c1-15-3-7-19(25(11-15)44(37,38)39)20-8-4-16(12-26(20)45(40,41)42)32-29(35)22-10-6-18(14-24(22)30(32)36)43-17-5-9-21-23(13-17)28(34)31(2)27(21)33/h3-14,30,36H,1-2H3,(H,37,38,39)(H,40,41,42). The maximum Gasteiger partial charge on any atom is 0.295 e. The number of aliphatic hydroxyl groups excluding tert-OH is 1. The molecule has 2 heterocycles. The molecular weight excluding hydrogens is 628 g/mol. The number of imide groups is 1. The van der Waals surface area contributed by atoms with Crippen LogP contribution in [0.1, 0.15) is 48.4 Å². The van der Waals surface area contributed by atoms with Gasteiger partial charge in [-0.2, -0.15) is 16.8 Å². The van der Waals surface area contributed by atoms with E-state index in [0.29, 0.717) is 5.56 Å². The first-order valence-electron chi connectivity index (χ1n) is 13.1. The number of carbonyl (C=O) groups is 3. The zero-order valence-corrected chi connectivity index (χ0v) is 25.0. The molecule has 2 aliphatic heterocycles. The zero-order valence-electron chi connectivity index (χ0n) is 23.3. The molecule has 0 saturated carbocycles. The molecule has 3 amide bonds. The lowest BCUT2D eigenvalue weighted by molar-refractivity contribution is 0.0692. The van der Waals surface area contributed by atoms with Crippen molar-refractivity contribution in [2.45, 2.75) is 22.9 Å². The van der Waals surface area contributed by atoms with Crippen molar-refractivity contribution in [3.05, 3.63) is 101 Å². The Kier molecular flexibility index (Phi) is 6.91. The van der Waals surface area contributed by atoms with Crippen molar-refractivity contribution >= 4 is 43.6 Å². The number of hydrogen-bond donors (Lipinski definition) is 3. The van der Waals surface area contributed by atoms with E-state index in [1.54, 1.807) is 6.92 Å². The molecule has 6 rings (SSSR count). The number of aryl methyl sites for hydroxylation is 1. The maximum atomic E-state index is 13.4. The third kappa shape index (κ3) is 5.05. The molecule has 0 aromatic heterocycles. The van der Waals surface area contributed by atoms with Crippen LogP contribution in [-0.4, -0.2) is 60.7 Å². The van der Waals surface area contributed by atoms with Gasteiger partial charge in [0.15, 0.2) is 6.23 Å². The predicted molar refractivity (Wildman–Crippen MR) is 157 cm³/mol. The summed E-state index contributed by atoms with van der Waals surface area (Å²) in [5, 5.41) is 11.2. The summed E-state index contributed by atoms with van der Waals surface area (Å²) in [5.74, 6) is -1.24. The fraction of sp³-hybridized carbons (Fsp3) is 0.100. The van der Waals surface area contributed by atoms with Crippen LogP contribution in [0.2, 0.25) is 0 Å². The molecule has 0 spiro atoms. The van der Waals surface area contributed by atoms with E-state index in [-0.39, 0.29) is 50.6 Å². The number of aliphatic hydroxyl groups is 1. The normalized spacial score (nSPS) is 16.3. The quantitative estimate of drug-likeness (QED) is 0.203. The average Bonchev–Trinajstić information content (AvgIpc) is 3.35. The number of carbonyl (C=O) groups excluding carboxylic acids is 3. The number of amides is 3. The summed E-state index contributed by atoms with van der Waals surface area (Å²) < 4.78 is 74.8. The number of hydrogen-bond acceptors (Lipinski definition) is 9. The highest BCUT2D eigenvalue weighted by Crippen LogP contribution is 2.42. The summed E-state index contributed by atoms with van der Waals surface area (Å²) >= 11 is 0. The Labute approximate surface area is 256 Å². The number of anilines is 1. The minimum atomic E-state index is -5.03. The van der Waals surface area contributed by atoms with Crippen molar-refractivity contribution in [2.75, 3.05) is 11.9 Å². The topological polar surface area (TPSA) is 196 Å². The van der Waals surface area contributed by atoms with Crippen LogP contribution < -0.4 is 9.64 Å². The zero-order chi connectivity index (χ0) is 32.6. The molecule has 1 atom stereocenters. The lowest BCUT2D eigenvalue weighted by atomic mass is 10.0. The maximum absolute atomic E-state index is 13.4. The summed E-state index contributed by atoms with van der Waals surface area (Å²) in [7, 11) is -8.48. The molecule has 15 heteroatoms. The molecule has 0 saturated heterocycles. The second kappa shape index (κ2) is 10.3. The van der Waals surface area contributed by atoms with Gasteiger partial charge in [-0.1, -0.05) is 18.2 Å². The molecule has 0 fully saturated rings. The fourth-order valence-corrected chi connectivity index (χ4v) is 6.87. The molecule has 4 aromatic rings. The Hall–Kier alpha value is -4.93. The molecule has 0 radical (unpaired) electrons. The summed E-state index contributed by atoms with van der Waals surface area (Å²) in [6.07, 6.45) is -1.63. The van der Waals surface area contributed by atoms with Gasteiger partial charge in [0.1, 0.15) is 21.3 Å². The highest BCUT2D eigenvalue weighted by molar-refractivity contribution is 7.86. The Morgan fingerprint density at radius 3 is 1.82 bits per heavy atom. The Bertz CT molecular complexity index is 2210. The largest absolute Gasteiger partial charge is 0.457 e. The number of fused-ring (bicyclic) bond motifs is 2. The van der Waals surface area contributed by atoms with E-state index >= 15 is 0 Å². The van der Waals surface area contributed by atoms with E-state index in [1.165, 1.54) is 61.6 Å². The van der Waals surface area contributed by atoms with E-state index in [1.807, 2.05) is 0 Å². The fourth-order valence-electron chi connectivity index (χ4n) is 5.35. The van der Waals surface area contributed by atoms with Gasteiger partial charge in [0.25, 0.3) is 38.0 Å². The molecule has 230 valence electrons. The van der Waals surface area contributed by atoms with Crippen LogP contribution in [0.25, 0.3) is 11.1 Å². The van der Waals surface area contributed by atoms with Crippen LogP contribution in [-0.2, 0) is 20.2 Å². The summed E-state index contributed by atoms with van der Waals surface area (Å²) in [6.45, 7) is 1.56. The van der Waals surface area contributed by atoms with E-state index in [4.69, 9.17) is 4.74 Å². The van der Waals surface area contributed by atoms with Crippen molar-refractivity contribution in [1.29, 1.82) is 0 Å². The van der Waals surface area contributed by atoms with Gasteiger partial charge >= 0.3 is 0 Å². The Morgan fingerprint density at radius 2 is 1.18 bits per heavy atom. The Morgan fingerprint density at radius 1 is 0.644 bits per heavy atom. The SMILES string of the molecule is Cc1ccc(-c2ccc(N3C(=O)c4ccc(Oc5ccc6c(c5)C(=O)N(C)C6=O)cc4C3O)cc2S(=O)(=O)O)c(S(=O)(=O)O)c1. The van der Waals surface area contributed by atoms with Crippen LogP contribution in [0.4, 0.5) is 5.69 Å².